The molecule has 0 aliphatic rings. The number of phenols is 2. The van der Waals surface area contributed by atoms with E-state index in [4.69, 9.17) is 5.21 Å². The van der Waals surface area contributed by atoms with Crippen LogP contribution in [0.4, 0.5) is 4.39 Å². The largest absolute Gasteiger partial charge is 0.507 e. The van der Waals surface area contributed by atoms with Gasteiger partial charge in [0.05, 0.1) is 5.71 Å². The molecule has 0 atom stereocenters. The van der Waals surface area contributed by atoms with Gasteiger partial charge in [0.15, 0.2) is 11.6 Å². The molecule has 0 unspecified atom stereocenters. The van der Waals surface area contributed by atoms with Gasteiger partial charge in [0.25, 0.3) is 0 Å². The Kier molecular flexibility index (Phi) is 3.89. The first-order valence-corrected chi connectivity index (χ1v) is 6.10. The van der Waals surface area contributed by atoms with Crippen LogP contribution in [-0.2, 0) is 0 Å². The van der Waals surface area contributed by atoms with Gasteiger partial charge in [-0.3, -0.25) is 0 Å². The van der Waals surface area contributed by atoms with Crippen LogP contribution in [0.1, 0.15) is 18.9 Å². The molecule has 0 aliphatic heterocycles. The molecule has 0 spiro atoms. The molecule has 4 nitrogen and oxygen atoms in total. The summed E-state index contributed by atoms with van der Waals surface area (Å²) in [7, 11) is 0. The maximum Gasteiger partial charge on any atom is 0.165 e. The number of hydrogen-bond acceptors (Lipinski definition) is 4. The Morgan fingerprint density at radius 1 is 1.05 bits per heavy atom. The fraction of sp³-hybridized carbons (Fsp3) is 0.133. The maximum absolute atomic E-state index is 13.4. The van der Waals surface area contributed by atoms with Crippen molar-refractivity contribution in [3.8, 4) is 22.6 Å². The third-order valence-corrected chi connectivity index (χ3v) is 3.04. The van der Waals surface area contributed by atoms with Crippen LogP contribution in [0, 0.1) is 5.82 Å². The highest BCUT2D eigenvalue weighted by molar-refractivity contribution is 6.03. The Labute approximate surface area is 115 Å². The molecule has 0 saturated carbocycles. The van der Waals surface area contributed by atoms with Crippen molar-refractivity contribution in [3.05, 3.63) is 47.8 Å². The summed E-state index contributed by atoms with van der Waals surface area (Å²) in [5.41, 5.74) is 1.92. The van der Waals surface area contributed by atoms with E-state index in [1.807, 2.05) is 0 Å². The third kappa shape index (κ3) is 2.56. The standard InChI is InChI=1S/C15H14FNO3/c1-2-13(17-20)11-7-9(3-5-14(11)18)10-4-6-15(19)12(16)8-10/h3-8,18-20H,2H2,1H3/b17-13+. The van der Waals surface area contributed by atoms with Gasteiger partial charge < -0.3 is 15.4 Å². The van der Waals surface area contributed by atoms with E-state index in [9.17, 15) is 14.6 Å². The summed E-state index contributed by atoms with van der Waals surface area (Å²) in [6, 6.07) is 8.72. The van der Waals surface area contributed by atoms with E-state index in [0.29, 0.717) is 28.8 Å². The molecular weight excluding hydrogens is 261 g/mol. The topological polar surface area (TPSA) is 73.1 Å². The van der Waals surface area contributed by atoms with Crippen molar-refractivity contribution in [1.82, 2.24) is 0 Å². The molecule has 0 saturated heterocycles. The van der Waals surface area contributed by atoms with E-state index in [1.165, 1.54) is 18.2 Å². The average molecular weight is 275 g/mol. The maximum atomic E-state index is 13.4. The molecule has 0 bridgehead atoms. The minimum absolute atomic E-state index is 0.0114. The summed E-state index contributed by atoms with van der Waals surface area (Å²) in [5.74, 6) is -1.15. The Morgan fingerprint density at radius 2 is 1.65 bits per heavy atom. The van der Waals surface area contributed by atoms with Gasteiger partial charge >= 0.3 is 0 Å². The SMILES string of the molecule is CC/C(=N\O)c1cc(-c2ccc(O)c(F)c2)ccc1O. The van der Waals surface area contributed by atoms with Gasteiger partial charge in [0.1, 0.15) is 5.75 Å². The van der Waals surface area contributed by atoms with Gasteiger partial charge in [0.2, 0.25) is 0 Å². The average Bonchev–Trinajstić information content (AvgIpc) is 2.45. The molecule has 104 valence electrons. The lowest BCUT2D eigenvalue weighted by molar-refractivity contribution is 0.318. The van der Waals surface area contributed by atoms with E-state index in [2.05, 4.69) is 5.16 Å². The van der Waals surface area contributed by atoms with E-state index in [-0.39, 0.29) is 5.75 Å². The highest BCUT2D eigenvalue weighted by atomic mass is 19.1. The highest BCUT2D eigenvalue weighted by Gasteiger charge is 2.11. The summed E-state index contributed by atoms with van der Waals surface area (Å²) >= 11 is 0. The smallest absolute Gasteiger partial charge is 0.165 e. The zero-order chi connectivity index (χ0) is 14.7. The molecule has 3 N–H and O–H groups in total. The van der Waals surface area contributed by atoms with Gasteiger partial charge in [0, 0.05) is 5.56 Å². The zero-order valence-corrected chi connectivity index (χ0v) is 10.8. The lowest BCUT2D eigenvalue weighted by Gasteiger charge is -2.09. The van der Waals surface area contributed by atoms with Gasteiger partial charge in [-0.15, -0.1) is 0 Å². The van der Waals surface area contributed by atoms with E-state index >= 15 is 0 Å². The number of rotatable bonds is 3. The predicted molar refractivity (Wildman–Crippen MR) is 73.8 cm³/mol. The van der Waals surface area contributed by atoms with E-state index in [0.717, 1.165) is 0 Å². The third-order valence-electron chi connectivity index (χ3n) is 3.04. The summed E-state index contributed by atoms with van der Waals surface area (Å²) in [5, 5.41) is 31.1. The number of oxime groups is 1. The van der Waals surface area contributed by atoms with Crippen molar-refractivity contribution in [2.24, 2.45) is 5.16 Å². The number of aromatic hydroxyl groups is 2. The second-order valence-corrected chi connectivity index (χ2v) is 4.30. The van der Waals surface area contributed by atoms with Crippen LogP contribution in [-0.4, -0.2) is 21.1 Å². The Hall–Kier alpha value is -2.56. The minimum atomic E-state index is -0.719. The number of benzene rings is 2. The van der Waals surface area contributed by atoms with Gasteiger partial charge in [-0.25, -0.2) is 4.39 Å². The van der Waals surface area contributed by atoms with Crippen molar-refractivity contribution in [3.63, 3.8) is 0 Å². The van der Waals surface area contributed by atoms with Crippen LogP contribution in [0.2, 0.25) is 0 Å². The number of hydrogen-bond donors (Lipinski definition) is 3. The molecule has 0 amide bonds. The van der Waals surface area contributed by atoms with Crippen LogP contribution >= 0.6 is 0 Å². The first-order valence-electron chi connectivity index (χ1n) is 6.10. The lowest BCUT2D eigenvalue weighted by Crippen LogP contribution is -1.99. The highest BCUT2D eigenvalue weighted by Crippen LogP contribution is 2.29. The minimum Gasteiger partial charge on any atom is -0.507 e. The molecule has 2 rings (SSSR count). The fourth-order valence-corrected chi connectivity index (χ4v) is 1.95. The van der Waals surface area contributed by atoms with Crippen LogP contribution < -0.4 is 0 Å². The molecule has 5 heteroatoms. The summed E-state index contributed by atoms with van der Waals surface area (Å²) in [6.45, 7) is 1.79. The zero-order valence-electron chi connectivity index (χ0n) is 10.8. The summed E-state index contributed by atoms with van der Waals surface area (Å²) in [6.07, 6.45) is 0.442. The fourth-order valence-electron chi connectivity index (χ4n) is 1.95. The summed E-state index contributed by atoms with van der Waals surface area (Å²) < 4.78 is 13.4. The number of phenolic OH excluding ortho intramolecular Hbond substituents is 2. The Bertz CT molecular complexity index is 668. The first-order chi connectivity index (χ1) is 9.56. The normalized spacial score (nSPS) is 11.6. The molecule has 2 aromatic carbocycles. The molecule has 0 heterocycles. The van der Waals surface area contributed by atoms with Crippen LogP contribution in [0.5, 0.6) is 11.5 Å². The second-order valence-electron chi connectivity index (χ2n) is 4.30. The predicted octanol–water partition coefficient (Wildman–Crippen LogP) is 3.49. The monoisotopic (exact) mass is 275 g/mol. The molecule has 20 heavy (non-hydrogen) atoms. The first kappa shape index (κ1) is 13.9. The van der Waals surface area contributed by atoms with Crippen molar-refractivity contribution < 1.29 is 19.8 Å². The molecule has 0 fully saturated rings. The molecule has 2 aromatic rings. The van der Waals surface area contributed by atoms with E-state index < -0.39 is 11.6 Å². The van der Waals surface area contributed by atoms with Crippen molar-refractivity contribution >= 4 is 5.71 Å². The van der Waals surface area contributed by atoms with Crippen molar-refractivity contribution in [1.29, 1.82) is 0 Å². The lowest BCUT2D eigenvalue weighted by atomic mass is 9.99. The van der Waals surface area contributed by atoms with Gasteiger partial charge in [-0.1, -0.05) is 24.2 Å². The molecular formula is C15H14FNO3. The van der Waals surface area contributed by atoms with Crippen molar-refractivity contribution in [2.75, 3.05) is 0 Å². The molecule has 0 aromatic heterocycles. The van der Waals surface area contributed by atoms with Gasteiger partial charge in [-0.05, 0) is 41.8 Å². The number of halogens is 1. The van der Waals surface area contributed by atoms with Crippen LogP contribution in [0.15, 0.2) is 41.6 Å². The van der Waals surface area contributed by atoms with Crippen LogP contribution in [0.25, 0.3) is 11.1 Å². The van der Waals surface area contributed by atoms with Crippen molar-refractivity contribution in [2.45, 2.75) is 13.3 Å². The summed E-state index contributed by atoms with van der Waals surface area (Å²) in [4.78, 5) is 0. The Balaban J connectivity index is 2.53. The number of nitrogens with zero attached hydrogens (tertiary/aromatic N) is 1. The quantitative estimate of drug-likeness (QED) is 0.456. The second kappa shape index (κ2) is 5.61. The Morgan fingerprint density at radius 3 is 2.20 bits per heavy atom. The molecule has 0 radical (unpaired) electrons. The van der Waals surface area contributed by atoms with Crippen LogP contribution in [0.3, 0.4) is 0 Å². The van der Waals surface area contributed by atoms with E-state index in [1.54, 1.807) is 25.1 Å². The molecule has 0 aliphatic carbocycles. The van der Waals surface area contributed by atoms with Gasteiger partial charge in [-0.2, -0.15) is 0 Å².